The number of nitrogens with zero attached hydrogens (tertiary/aromatic N) is 3. The van der Waals surface area contributed by atoms with Crippen LogP contribution >= 0.6 is 11.6 Å². The van der Waals surface area contributed by atoms with Crippen molar-refractivity contribution in [2.45, 2.75) is 0 Å². The number of halogens is 1. The Morgan fingerprint density at radius 2 is 2.00 bits per heavy atom. The Balaban J connectivity index is 2.35. The molecular formula is C14H8ClN3O2. The number of pyridine rings is 1. The smallest absolute Gasteiger partial charge is 0.258 e. The van der Waals surface area contributed by atoms with Crippen LogP contribution in [0.25, 0.3) is 11.6 Å². The quantitative estimate of drug-likeness (QED) is 0.489. The summed E-state index contributed by atoms with van der Waals surface area (Å²) in [5, 5.41) is 20.3. The summed E-state index contributed by atoms with van der Waals surface area (Å²) >= 11 is 5.78. The summed E-state index contributed by atoms with van der Waals surface area (Å²) in [6, 6.07) is 11.8. The number of aromatic nitrogens is 1. The largest absolute Gasteiger partial charge is 0.287 e. The summed E-state index contributed by atoms with van der Waals surface area (Å²) in [6.07, 6.45) is 2.77. The average Bonchev–Trinajstić information content (AvgIpc) is 2.47. The molecule has 5 nitrogen and oxygen atoms in total. The van der Waals surface area contributed by atoms with Crippen molar-refractivity contribution in [2.24, 2.45) is 0 Å². The van der Waals surface area contributed by atoms with Gasteiger partial charge in [-0.3, -0.25) is 10.1 Å². The Hall–Kier alpha value is -2.71. The van der Waals surface area contributed by atoms with Crippen molar-refractivity contribution < 1.29 is 4.92 Å². The highest BCUT2D eigenvalue weighted by Gasteiger charge is 2.08. The molecule has 0 aliphatic rings. The molecule has 0 atom stereocenters. The van der Waals surface area contributed by atoms with Crippen molar-refractivity contribution in [1.29, 1.82) is 5.26 Å². The van der Waals surface area contributed by atoms with Crippen LogP contribution in [0.3, 0.4) is 0 Å². The maximum atomic E-state index is 10.5. The molecule has 20 heavy (non-hydrogen) atoms. The van der Waals surface area contributed by atoms with E-state index in [1.54, 1.807) is 30.3 Å². The Labute approximate surface area is 119 Å². The molecule has 0 saturated heterocycles. The van der Waals surface area contributed by atoms with Crippen LogP contribution in [-0.2, 0) is 0 Å². The Kier molecular flexibility index (Phi) is 4.08. The molecule has 1 aromatic carbocycles. The Morgan fingerprint density at radius 3 is 2.50 bits per heavy atom. The van der Waals surface area contributed by atoms with E-state index in [4.69, 9.17) is 16.9 Å². The van der Waals surface area contributed by atoms with Gasteiger partial charge in [-0.25, -0.2) is 4.98 Å². The van der Waals surface area contributed by atoms with Crippen molar-refractivity contribution in [3.63, 3.8) is 0 Å². The van der Waals surface area contributed by atoms with Gasteiger partial charge in [0.15, 0.2) is 0 Å². The molecule has 2 rings (SSSR count). The van der Waals surface area contributed by atoms with Crippen molar-refractivity contribution in [3.05, 3.63) is 69.0 Å². The summed E-state index contributed by atoms with van der Waals surface area (Å²) in [6.45, 7) is 0. The minimum absolute atomic E-state index is 0.113. The first-order valence-electron chi connectivity index (χ1n) is 5.58. The van der Waals surface area contributed by atoms with E-state index in [-0.39, 0.29) is 5.69 Å². The zero-order chi connectivity index (χ0) is 14.5. The lowest BCUT2D eigenvalue weighted by atomic mass is 10.1. The Morgan fingerprint density at radius 1 is 1.30 bits per heavy atom. The second kappa shape index (κ2) is 5.95. The van der Waals surface area contributed by atoms with Crippen LogP contribution in [0.5, 0.6) is 0 Å². The molecule has 0 unspecified atom stereocenters. The number of nitriles is 1. The van der Waals surface area contributed by atoms with E-state index < -0.39 is 4.92 Å². The average molecular weight is 286 g/mol. The SMILES string of the molecule is N#C/C(=C\c1ccc(Cl)cc1)c1ccc([N+](=O)[O-])cn1. The lowest BCUT2D eigenvalue weighted by molar-refractivity contribution is -0.385. The lowest BCUT2D eigenvalue weighted by Crippen LogP contribution is -1.92. The molecule has 0 amide bonds. The van der Waals surface area contributed by atoms with Gasteiger partial charge in [-0.05, 0) is 29.8 Å². The first-order valence-corrected chi connectivity index (χ1v) is 5.96. The van der Waals surface area contributed by atoms with Crippen molar-refractivity contribution >= 4 is 28.9 Å². The van der Waals surface area contributed by atoms with Crippen LogP contribution in [0.4, 0.5) is 5.69 Å². The molecule has 0 aliphatic carbocycles. The summed E-state index contributed by atoms with van der Waals surface area (Å²) in [5.74, 6) is 0. The van der Waals surface area contributed by atoms with Gasteiger partial charge in [0.1, 0.15) is 12.3 Å². The van der Waals surface area contributed by atoms with Gasteiger partial charge in [0.25, 0.3) is 5.69 Å². The second-order valence-electron chi connectivity index (χ2n) is 3.88. The molecular weight excluding hydrogens is 278 g/mol. The summed E-state index contributed by atoms with van der Waals surface area (Å²) in [5.41, 5.74) is 1.39. The first-order chi connectivity index (χ1) is 9.60. The highest BCUT2D eigenvalue weighted by Crippen LogP contribution is 2.19. The lowest BCUT2D eigenvalue weighted by Gasteiger charge is -1.99. The predicted octanol–water partition coefficient (Wildman–Crippen LogP) is 3.71. The molecule has 0 bridgehead atoms. The molecule has 0 saturated carbocycles. The molecule has 98 valence electrons. The van der Waals surface area contributed by atoms with E-state index in [9.17, 15) is 10.1 Å². The monoisotopic (exact) mass is 285 g/mol. The minimum atomic E-state index is -0.536. The van der Waals surface area contributed by atoms with E-state index >= 15 is 0 Å². The van der Waals surface area contributed by atoms with Gasteiger partial charge in [-0.1, -0.05) is 23.7 Å². The number of allylic oxidation sites excluding steroid dienone is 1. The number of hydrogen-bond acceptors (Lipinski definition) is 4. The fourth-order valence-corrected chi connectivity index (χ4v) is 1.67. The van der Waals surface area contributed by atoms with Gasteiger partial charge in [-0.2, -0.15) is 5.26 Å². The van der Waals surface area contributed by atoms with Crippen LogP contribution in [0.1, 0.15) is 11.3 Å². The topological polar surface area (TPSA) is 79.8 Å². The van der Waals surface area contributed by atoms with E-state index in [1.807, 2.05) is 6.07 Å². The summed E-state index contributed by atoms with van der Waals surface area (Å²) < 4.78 is 0. The maximum absolute atomic E-state index is 10.5. The van der Waals surface area contributed by atoms with Gasteiger partial charge < -0.3 is 0 Å². The van der Waals surface area contributed by atoms with Crippen LogP contribution in [0, 0.1) is 21.4 Å². The van der Waals surface area contributed by atoms with Crippen LogP contribution in [-0.4, -0.2) is 9.91 Å². The molecule has 0 radical (unpaired) electrons. The summed E-state index contributed by atoms with van der Waals surface area (Å²) in [4.78, 5) is 13.9. The summed E-state index contributed by atoms with van der Waals surface area (Å²) in [7, 11) is 0. The van der Waals surface area contributed by atoms with Crippen molar-refractivity contribution in [2.75, 3.05) is 0 Å². The molecule has 2 aromatic rings. The molecule has 6 heteroatoms. The van der Waals surface area contributed by atoms with E-state index in [1.165, 1.54) is 12.1 Å². The fraction of sp³-hybridized carbons (Fsp3) is 0. The molecule has 1 heterocycles. The molecule has 0 aliphatic heterocycles. The van der Waals surface area contributed by atoms with Crippen LogP contribution < -0.4 is 0 Å². The molecule has 0 spiro atoms. The Bertz CT molecular complexity index is 701. The number of rotatable bonds is 3. The number of benzene rings is 1. The number of hydrogen-bond donors (Lipinski definition) is 0. The fourth-order valence-electron chi connectivity index (χ4n) is 1.54. The number of nitro groups is 1. The van der Waals surface area contributed by atoms with Gasteiger partial charge in [-0.15, -0.1) is 0 Å². The highest BCUT2D eigenvalue weighted by atomic mass is 35.5. The maximum Gasteiger partial charge on any atom is 0.287 e. The van der Waals surface area contributed by atoms with Gasteiger partial charge in [0.2, 0.25) is 0 Å². The molecule has 1 aromatic heterocycles. The normalized spacial score (nSPS) is 10.9. The predicted molar refractivity (Wildman–Crippen MR) is 75.8 cm³/mol. The van der Waals surface area contributed by atoms with Gasteiger partial charge >= 0.3 is 0 Å². The van der Waals surface area contributed by atoms with Gasteiger partial charge in [0.05, 0.1) is 16.2 Å². The molecule has 0 N–H and O–H groups in total. The van der Waals surface area contributed by atoms with E-state index in [2.05, 4.69) is 4.98 Å². The van der Waals surface area contributed by atoms with E-state index in [0.717, 1.165) is 11.8 Å². The van der Waals surface area contributed by atoms with Gasteiger partial charge in [0, 0.05) is 11.1 Å². The van der Waals surface area contributed by atoms with Crippen LogP contribution in [0.2, 0.25) is 5.02 Å². The zero-order valence-corrected chi connectivity index (χ0v) is 10.9. The minimum Gasteiger partial charge on any atom is -0.258 e. The molecule has 0 fully saturated rings. The van der Waals surface area contributed by atoms with Crippen molar-refractivity contribution in [3.8, 4) is 6.07 Å². The highest BCUT2D eigenvalue weighted by molar-refractivity contribution is 6.30. The third kappa shape index (κ3) is 3.19. The van der Waals surface area contributed by atoms with E-state index in [0.29, 0.717) is 16.3 Å². The zero-order valence-electron chi connectivity index (χ0n) is 10.2. The first kappa shape index (κ1) is 13.7. The third-order valence-corrected chi connectivity index (χ3v) is 2.79. The second-order valence-corrected chi connectivity index (χ2v) is 4.32. The standard InChI is InChI=1S/C14H8ClN3O2/c15-12-3-1-10(2-4-12)7-11(8-16)14-6-5-13(9-17-14)18(19)20/h1-7,9H/b11-7+. The van der Waals surface area contributed by atoms with Crippen molar-refractivity contribution in [1.82, 2.24) is 4.98 Å². The third-order valence-electron chi connectivity index (χ3n) is 2.54. The van der Waals surface area contributed by atoms with Crippen LogP contribution in [0.15, 0.2) is 42.6 Å².